The average Bonchev–Trinajstić information content (AvgIpc) is 2.84. The molecule has 0 saturated carbocycles. The molecule has 1 heterocycles. The second kappa shape index (κ2) is 3.58. The van der Waals surface area contributed by atoms with E-state index in [9.17, 15) is 9.18 Å². The van der Waals surface area contributed by atoms with Gasteiger partial charge in [-0.15, -0.1) is 0 Å². The van der Waals surface area contributed by atoms with Gasteiger partial charge >= 0.3 is 0 Å². The summed E-state index contributed by atoms with van der Waals surface area (Å²) in [7, 11) is 0. The van der Waals surface area contributed by atoms with Crippen molar-refractivity contribution in [2.45, 2.75) is 31.6 Å². The summed E-state index contributed by atoms with van der Waals surface area (Å²) in [5, 5.41) is 2.76. The highest BCUT2D eigenvalue weighted by molar-refractivity contribution is 5.79. The van der Waals surface area contributed by atoms with Crippen molar-refractivity contribution < 1.29 is 9.18 Å². The third-order valence-corrected chi connectivity index (χ3v) is 3.63. The van der Waals surface area contributed by atoms with Gasteiger partial charge in [0.05, 0.1) is 0 Å². The highest BCUT2D eigenvalue weighted by Crippen LogP contribution is 2.31. The lowest BCUT2D eigenvalue weighted by Gasteiger charge is -2.11. The first-order valence-electron chi connectivity index (χ1n) is 5.82. The van der Waals surface area contributed by atoms with Crippen LogP contribution in [0.5, 0.6) is 0 Å². The zero-order valence-corrected chi connectivity index (χ0v) is 9.05. The van der Waals surface area contributed by atoms with E-state index in [0.29, 0.717) is 13.0 Å². The molecular formula is C13H14FNO. The minimum atomic E-state index is -0.137. The molecule has 0 radical (unpaired) electrons. The number of carbonyl (C=O) groups excluding carboxylic acids is 1. The third-order valence-electron chi connectivity index (χ3n) is 3.63. The van der Waals surface area contributed by atoms with Gasteiger partial charge in [-0.1, -0.05) is 6.07 Å². The molecule has 0 bridgehead atoms. The predicted octanol–water partition coefficient (Wildman–Crippen LogP) is 1.92. The van der Waals surface area contributed by atoms with Gasteiger partial charge < -0.3 is 5.32 Å². The molecule has 0 unspecified atom stereocenters. The van der Waals surface area contributed by atoms with Gasteiger partial charge in [0.2, 0.25) is 5.91 Å². The fraction of sp³-hybridized carbons (Fsp3) is 0.462. The summed E-state index contributed by atoms with van der Waals surface area (Å²) in [6, 6.07) is 3.64. The Morgan fingerprint density at radius 1 is 1.25 bits per heavy atom. The van der Waals surface area contributed by atoms with Gasteiger partial charge in [-0.25, -0.2) is 4.39 Å². The van der Waals surface area contributed by atoms with Gasteiger partial charge in [0.1, 0.15) is 5.82 Å². The molecule has 3 heteroatoms. The molecule has 1 aromatic carbocycles. The van der Waals surface area contributed by atoms with Crippen LogP contribution >= 0.6 is 0 Å². The Bertz CT molecular complexity index is 455. The second-order valence-electron chi connectivity index (χ2n) is 4.70. The summed E-state index contributed by atoms with van der Waals surface area (Å²) >= 11 is 0. The molecule has 1 amide bonds. The minimum Gasteiger partial charge on any atom is -0.355 e. The molecule has 1 N–H and O–H groups in total. The van der Waals surface area contributed by atoms with Crippen LogP contribution < -0.4 is 5.32 Å². The highest BCUT2D eigenvalue weighted by atomic mass is 19.1. The average molecular weight is 219 g/mol. The molecule has 1 aromatic rings. The van der Waals surface area contributed by atoms with Gasteiger partial charge in [-0.3, -0.25) is 4.79 Å². The third kappa shape index (κ3) is 1.51. The molecule has 84 valence electrons. The Kier molecular flexibility index (Phi) is 2.20. The number of nitrogens with one attached hydrogen (secondary N) is 1. The number of hydrogen-bond acceptors (Lipinski definition) is 1. The molecule has 16 heavy (non-hydrogen) atoms. The first-order valence-corrected chi connectivity index (χ1v) is 5.82. The van der Waals surface area contributed by atoms with E-state index in [1.54, 1.807) is 6.07 Å². The molecule has 1 aliphatic heterocycles. The first-order chi connectivity index (χ1) is 7.74. The van der Waals surface area contributed by atoms with E-state index in [4.69, 9.17) is 0 Å². The Balaban J connectivity index is 1.98. The Labute approximate surface area is 93.9 Å². The van der Waals surface area contributed by atoms with Crippen molar-refractivity contribution in [2.24, 2.45) is 0 Å². The lowest BCUT2D eigenvalue weighted by molar-refractivity contribution is -0.119. The molecule has 2 nitrogen and oxygen atoms in total. The van der Waals surface area contributed by atoms with Gasteiger partial charge in [0, 0.05) is 18.9 Å². The van der Waals surface area contributed by atoms with Crippen molar-refractivity contribution >= 4 is 5.91 Å². The lowest BCUT2D eigenvalue weighted by atomic mass is 9.94. The highest BCUT2D eigenvalue weighted by Gasteiger charge is 2.27. The smallest absolute Gasteiger partial charge is 0.220 e. The number of aryl methyl sites for hydroxylation is 2. The van der Waals surface area contributed by atoms with E-state index in [0.717, 1.165) is 30.4 Å². The molecule has 1 aliphatic carbocycles. The van der Waals surface area contributed by atoms with Crippen LogP contribution in [0.25, 0.3) is 0 Å². The van der Waals surface area contributed by atoms with Crippen LogP contribution in [0.1, 0.15) is 35.4 Å². The maximum absolute atomic E-state index is 13.9. The van der Waals surface area contributed by atoms with Crippen LogP contribution in [0.2, 0.25) is 0 Å². The van der Waals surface area contributed by atoms with Crippen molar-refractivity contribution in [3.05, 3.63) is 34.6 Å². The van der Waals surface area contributed by atoms with E-state index < -0.39 is 0 Å². The first kappa shape index (κ1) is 9.82. The van der Waals surface area contributed by atoms with E-state index in [1.807, 2.05) is 6.07 Å². The number of rotatable bonds is 1. The second-order valence-corrected chi connectivity index (χ2v) is 4.70. The summed E-state index contributed by atoms with van der Waals surface area (Å²) in [5.74, 6) is -0.0783. The maximum Gasteiger partial charge on any atom is 0.220 e. The van der Waals surface area contributed by atoms with Crippen LogP contribution in [0.15, 0.2) is 12.1 Å². The normalized spacial score (nSPS) is 23.3. The van der Waals surface area contributed by atoms with Crippen LogP contribution in [0.4, 0.5) is 4.39 Å². The zero-order chi connectivity index (χ0) is 11.1. The summed E-state index contributed by atoms with van der Waals surface area (Å²) in [6.45, 7) is 0.578. The molecule has 1 saturated heterocycles. The molecular weight excluding hydrogens is 205 g/mol. The summed E-state index contributed by atoms with van der Waals surface area (Å²) in [6.07, 6.45) is 3.60. The Hall–Kier alpha value is -1.38. The van der Waals surface area contributed by atoms with Gasteiger partial charge in [-0.2, -0.15) is 0 Å². The number of halogens is 1. The Morgan fingerprint density at radius 3 is 2.69 bits per heavy atom. The monoisotopic (exact) mass is 219 g/mol. The molecule has 0 aromatic heterocycles. The van der Waals surface area contributed by atoms with Crippen LogP contribution in [-0.2, 0) is 17.6 Å². The summed E-state index contributed by atoms with van der Waals surface area (Å²) in [5.41, 5.74) is 3.15. The van der Waals surface area contributed by atoms with Crippen molar-refractivity contribution in [3.63, 3.8) is 0 Å². The molecule has 3 rings (SSSR count). The number of amides is 1. The van der Waals surface area contributed by atoms with E-state index in [-0.39, 0.29) is 17.6 Å². The van der Waals surface area contributed by atoms with Crippen LogP contribution in [0.3, 0.4) is 0 Å². The quantitative estimate of drug-likeness (QED) is 0.768. The van der Waals surface area contributed by atoms with Gasteiger partial charge in [-0.05, 0) is 42.0 Å². The molecule has 2 aliphatic rings. The van der Waals surface area contributed by atoms with Gasteiger partial charge in [0.25, 0.3) is 0 Å². The van der Waals surface area contributed by atoms with Crippen molar-refractivity contribution in [1.29, 1.82) is 0 Å². The van der Waals surface area contributed by atoms with E-state index in [1.165, 1.54) is 5.56 Å². The number of benzene rings is 1. The minimum absolute atomic E-state index is 0.0263. The number of hydrogen-bond donors (Lipinski definition) is 1. The van der Waals surface area contributed by atoms with Crippen molar-refractivity contribution in [2.75, 3.05) is 6.54 Å². The summed E-state index contributed by atoms with van der Waals surface area (Å²) < 4.78 is 13.9. The zero-order valence-electron chi connectivity index (χ0n) is 9.05. The van der Waals surface area contributed by atoms with E-state index in [2.05, 4.69) is 5.32 Å². The van der Waals surface area contributed by atoms with Crippen molar-refractivity contribution in [1.82, 2.24) is 5.32 Å². The molecule has 0 spiro atoms. The molecule has 1 fully saturated rings. The van der Waals surface area contributed by atoms with Gasteiger partial charge in [0.15, 0.2) is 0 Å². The van der Waals surface area contributed by atoms with Crippen molar-refractivity contribution in [3.8, 4) is 0 Å². The largest absolute Gasteiger partial charge is 0.355 e. The Morgan fingerprint density at radius 2 is 2.00 bits per heavy atom. The number of carbonyl (C=O) groups is 1. The maximum atomic E-state index is 13.9. The fourth-order valence-electron chi connectivity index (χ4n) is 2.75. The number of fused-ring (bicyclic) bond motifs is 1. The fourth-order valence-corrected chi connectivity index (χ4v) is 2.75. The van der Waals surface area contributed by atoms with Crippen LogP contribution in [0, 0.1) is 5.82 Å². The predicted molar refractivity (Wildman–Crippen MR) is 58.8 cm³/mol. The SMILES string of the molecule is O=C1C[C@H](c2cc3c(cc2F)CCC3)CN1. The lowest BCUT2D eigenvalue weighted by Crippen LogP contribution is -2.13. The molecule has 1 atom stereocenters. The van der Waals surface area contributed by atoms with Crippen LogP contribution in [-0.4, -0.2) is 12.5 Å². The summed E-state index contributed by atoms with van der Waals surface area (Å²) in [4.78, 5) is 11.1. The standard InChI is InChI=1S/C13H14FNO/c14-12-5-9-3-1-2-8(9)4-11(12)10-6-13(16)15-7-10/h4-5,10H,1-3,6-7H2,(H,15,16)/t10-/m0/s1. The van der Waals surface area contributed by atoms with E-state index >= 15 is 0 Å². The topological polar surface area (TPSA) is 29.1 Å².